The lowest BCUT2D eigenvalue weighted by molar-refractivity contribution is 0.0690. The lowest BCUT2D eigenvalue weighted by Gasteiger charge is -1.99. The van der Waals surface area contributed by atoms with Crippen molar-refractivity contribution in [2.45, 2.75) is 13.0 Å². The van der Waals surface area contributed by atoms with Crippen molar-refractivity contribution in [1.29, 1.82) is 5.26 Å². The van der Waals surface area contributed by atoms with Crippen LogP contribution in [0.4, 0.5) is 8.78 Å². The molecule has 0 fully saturated rings. The van der Waals surface area contributed by atoms with Gasteiger partial charge in [-0.3, -0.25) is 4.68 Å². The molecule has 0 radical (unpaired) electrons. The summed E-state index contributed by atoms with van der Waals surface area (Å²) in [6.45, 7) is -0.510. The fraction of sp³-hybridized carbons (Fsp3) is 0.143. The summed E-state index contributed by atoms with van der Waals surface area (Å²) in [6.07, 6.45) is 3.25. The molecule has 0 aliphatic rings. The van der Waals surface area contributed by atoms with Crippen LogP contribution in [-0.4, -0.2) is 32.3 Å². The monoisotopic (exact) mass is 304 g/mol. The van der Waals surface area contributed by atoms with E-state index in [4.69, 9.17) is 10.4 Å². The molecule has 0 aliphatic carbocycles. The summed E-state index contributed by atoms with van der Waals surface area (Å²) in [6, 6.07) is 4.50. The number of nitriles is 1. The van der Waals surface area contributed by atoms with E-state index < -0.39 is 18.9 Å². The maximum atomic E-state index is 12.2. The Morgan fingerprint density at radius 1 is 1.45 bits per heavy atom. The molecule has 0 spiro atoms. The van der Waals surface area contributed by atoms with Gasteiger partial charge in [-0.25, -0.2) is 18.6 Å². The van der Waals surface area contributed by atoms with Crippen molar-refractivity contribution in [3.05, 3.63) is 47.0 Å². The van der Waals surface area contributed by atoms with E-state index in [0.717, 1.165) is 4.68 Å². The number of carbonyl (C=O) groups is 1. The van der Waals surface area contributed by atoms with Gasteiger partial charge in [0.1, 0.15) is 18.3 Å². The van der Waals surface area contributed by atoms with Crippen molar-refractivity contribution in [2.24, 2.45) is 0 Å². The molecule has 8 heteroatoms. The zero-order valence-corrected chi connectivity index (χ0v) is 11.1. The molecule has 22 heavy (non-hydrogen) atoms. The van der Waals surface area contributed by atoms with E-state index in [1.165, 1.54) is 36.7 Å². The largest absolute Gasteiger partial charge is 0.477 e. The molecule has 0 saturated heterocycles. The molecule has 0 aliphatic heterocycles. The third-order valence-corrected chi connectivity index (χ3v) is 2.68. The first kappa shape index (κ1) is 15.3. The molecule has 2 rings (SSSR count). The average molecular weight is 304 g/mol. The fourth-order valence-electron chi connectivity index (χ4n) is 1.70. The van der Waals surface area contributed by atoms with Crippen molar-refractivity contribution < 1.29 is 18.7 Å². The number of alkyl halides is 2. The minimum absolute atomic E-state index is 0.184. The molecule has 112 valence electrons. The lowest BCUT2D eigenvalue weighted by Crippen LogP contribution is -2.06. The molecule has 0 atom stereocenters. The molecule has 6 nitrogen and oxygen atoms in total. The van der Waals surface area contributed by atoms with Crippen LogP contribution in [0.5, 0.6) is 0 Å². The smallest absolute Gasteiger partial charge is 0.354 e. The van der Waals surface area contributed by atoms with Gasteiger partial charge in [0.25, 0.3) is 6.43 Å². The zero-order valence-electron chi connectivity index (χ0n) is 11.1. The second kappa shape index (κ2) is 6.58. The Kier molecular flexibility index (Phi) is 4.58. The topological polar surface area (TPSA) is 91.8 Å². The van der Waals surface area contributed by atoms with Gasteiger partial charge < -0.3 is 5.11 Å². The number of rotatable bonds is 5. The summed E-state index contributed by atoms with van der Waals surface area (Å²) < 4.78 is 25.5. The third-order valence-electron chi connectivity index (χ3n) is 2.68. The van der Waals surface area contributed by atoms with Gasteiger partial charge in [-0.1, -0.05) is 0 Å². The normalized spacial score (nSPS) is 11.0. The van der Waals surface area contributed by atoms with Crippen molar-refractivity contribution in [2.75, 3.05) is 0 Å². The number of aromatic nitrogens is 3. The first-order chi connectivity index (χ1) is 10.5. The van der Waals surface area contributed by atoms with Crippen LogP contribution in [0.2, 0.25) is 0 Å². The van der Waals surface area contributed by atoms with Crippen LogP contribution >= 0.6 is 0 Å². The van der Waals surface area contributed by atoms with Crippen molar-refractivity contribution in [3.63, 3.8) is 0 Å². The van der Waals surface area contributed by atoms with Crippen LogP contribution in [0.15, 0.2) is 24.5 Å². The molecule has 0 saturated carbocycles. The highest BCUT2D eigenvalue weighted by Crippen LogP contribution is 2.12. The number of pyridine rings is 1. The van der Waals surface area contributed by atoms with Crippen LogP contribution in [0.25, 0.3) is 12.2 Å². The van der Waals surface area contributed by atoms with Gasteiger partial charge in [0, 0.05) is 11.8 Å². The van der Waals surface area contributed by atoms with Gasteiger partial charge >= 0.3 is 5.97 Å². The summed E-state index contributed by atoms with van der Waals surface area (Å²) in [5.41, 5.74) is 0.740. The predicted molar refractivity (Wildman–Crippen MR) is 73.1 cm³/mol. The lowest BCUT2D eigenvalue weighted by atomic mass is 10.1. The Bertz CT molecular complexity index is 762. The van der Waals surface area contributed by atoms with E-state index in [1.807, 2.05) is 6.07 Å². The van der Waals surface area contributed by atoms with Gasteiger partial charge in [0.05, 0.1) is 17.5 Å². The fourth-order valence-corrected chi connectivity index (χ4v) is 1.70. The number of hydrogen-bond donors (Lipinski definition) is 1. The Balaban J connectivity index is 2.25. The van der Waals surface area contributed by atoms with Crippen LogP contribution in [0.3, 0.4) is 0 Å². The third kappa shape index (κ3) is 3.73. The number of nitrogens with zero attached hydrogens (tertiary/aromatic N) is 4. The second-order valence-electron chi connectivity index (χ2n) is 4.27. The van der Waals surface area contributed by atoms with E-state index in [2.05, 4.69) is 10.1 Å². The van der Waals surface area contributed by atoms with E-state index in [0.29, 0.717) is 5.56 Å². The summed E-state index contributed by atoms with van der Waals surface area (Å²) in [5.74, 6) is -1.20. The number of carboxylic acids is 1. The van der Waals surface area contributed by atoms with E-state index in [9.17, 15) is 13.6 Å². The molecule has 1 N–H and O–H groups in total. The van der Waals surface area contributed by atoms with E-state index in [-0.39, 0.29) is 17.0 Å². The summed E-state index contributed by atoms with van der Waals surface area (Å²) in [4.78, 5) is 14.7. The number of hydrogen-bond acceptors (Lipinski definition) is 4. The van der Waals surface area contributed by atoms with Crippen molar-refractivity contribution in [1.82, 2.24) is 14.8 Å². The van der Waals surface area contributed by atoms with Crippen molar-refractivity contribution in [3.8, 4) is 6.07 Å². The summed E-state index contributed by atoms with van der Waals surface area (Å²) in [5, 5.41) is 21.6. The molecular weight excluding hydrogens is 294 g/mol. The molecule has 0 amide bonds. The molecule has 0 unspecified atom stereocenters. The van der Waals surface area contributed by atoms with Crippen LogP contribution < -0.4 is 0 Å². The van der Waals surface area contributed by atoms with Crippen LogP contribution in [0, 0.1) is 11.3 Å². The van der Waals surface area contributed by atoms with Gasteiger partial charge in [0.2, 0.25) is 0 Å². The first-order valence-corrected chi connectivity index (χ1v) is 6.12. The molecule has 2 aromatic heterocycles. The summed E-state index contributed by atoms with van der Waals surface area (Å²) in [7, 11) is 0. The first-order valence-electron chi connectivity index (χ1n) is 6.12. The predicted octanol–water partition coefficient (Wildman–Crippen LogP) is 2.28. The van der Waals surface area contributed by atoms with E-state index >= 15 is 0 Å². The number of aromatic carboxylic acids is 1. The molecular formula is C14H10F2N4O2. The number of carboxylic acid groups (broad SMARTS) is 1. The van der Waals surface area contributed by atoms with Gasteiger partial charge in [-0.2, -0.15) is 10.4 Å². The highest BCUT2D eigenvalue weighted by atomic mass is 19.3. The molecule has 2 heterocycles. The van der Waals surface area contributed by atoms with E-state index in [1.54, 1.807) is 0 Å². The molecule has 2 aromatic rings. The second-order valence-corrected chi connectivity index (χ2v) is 4.27. The Morgan fingerprint density at radius 2 is 2.23 bits per heavy atom. The Hall–Kier alpha value is -3.08. The van der Waals surface area contributed by atoms with Crippen molar-refractivity contribution >= 4 is 18.1 Å². The SMILES string of the molecule is N#Cc1ccc(C(=O)O)nc1/C=C/c1cnn(CC(F)F)c1. The zero-order chi connectivity index (χ0) is 16.1. The van der Waals surface area contributed by atoms with Gasteiger partial charge in [0.15, 0.2) is 0 Å². The molecule has 0 bridgehead atoms. The average Bonchev–Trinajstić information content (AvgIpc) is 2.91. The molecule has 0 aromatic carbocycles. The van der Waals surface area contributed by atoms with Crippen LogP contribution in [-0.2, 0) is 6.54 Å². The maximum Gasteiger partial charge on any atom is 0.354 e. The minimum Gasteiger partial charge on any atom is -0.477 e. The Morgan fingerprint density at radius 3 is 2.86 bits per heavy atom. The highest BCUT2D eigenvalue weighted by molar-refractivity contribution is 5.86. The van der Waals surface area contributed by atoms with Gasteiger partial charge in [-0.05, 0) is 24.3 Å². The standard InChI is InChI=1S/C14H10F2N4O2/c15-13(16)8-20-7-9(6-18-20)1-3-11-10(5-17)2-4-12(19-11)14(21)22/h1-4,6-7,13H,8H2,(H,21,22)/b3-1+. The maximum absolute atomic E-state index is 12.2. The Labute approximate surface area is 123 Å². The quantitative estimate of drug-likeness (QED) is 0.915. The minimum atomic E-state index is -2.50. The summed E-state index contributed by atoms with van der Waals surface area (Å²) >= 11 is 0. The highest BCUT2D eigenvalue weighted by Gasteiger charge is 2.09. The van der Waals surface area contributed by atoms with Crippen LogP contribution in [0.1, 0.15) is 27.3 Å². The number of halogens is 2. The van der Waals surface area contributed by atoms with Gasteiger partial charge in [-0.15, -0.1) is 0 Å².